The molecule has 0 bridgehead atoms. The molecule has 110 valence electrons. The normalized spacial score (nSPS) is 13.4. The Morgan fingerprint density at radius 1 is 1.40 bits per heavy atom. The third-order valence-electron chi connectivity index (χ3n) is 2.49. The Balaban J connectivity index is 2.57. The highest BCUT2D eigenvalue weighted by atomic mass is 32.2. The third-order valence-corrected chi connectivity index (χ3v) is 3.55. The van der Waals surface area contributed by atoms with Crippen molar-refractivity contribution in [3.05, 3.63) is 41.3 Å². The number of carboxylic acids is 1. The van der Waals surface area contributed by atoms with E-state index in [1.54, 1.807) is 24.3 Å². The summed E-state index contributed by atoms with van der Waals surface area (Å²) in [5.41, 5.74) is 0.756. The first kappa shape index (κ1) is 16.4. The number of methoxy groups -OCH3 is 1. The van der Waals surface area contributed by atoms with E-state index in [0.29, 0.717) is 0 Å². The zero-order valence-electron chi connectivity index (χ0n) is 11.0. The van der Waals surface area contributed by atoms with Crippen molar-refractivity contribution >= 4 is 22.1 Å². The van der Waals surface area contributed by atoms with E-state index < -0.39 is 22.1 Å². The quantitative estimate of drug-likeness (QED) is 0.749. The van der Waals surface area contributed by atoms with E-state index in [-0.39, 0.29) is 13.0 Å². The number of hydrogen-bond donors (Lipinski definition) is 2. The molecule has 0 aliphatic carbocycles. The maximum atomic E-state index is 11.7. The summed E-state index contributed by atoms with van der Waals surface area (Å²) in [4.78, 5) is 10.5. The Labute approximate surface area is 118 Å². The van der Waals surface area contributed by atoms with E-state index >= 15 is 0 Å². The summed E-state index contributed by atoms with van der Waals surface area (Å²) in [6.07, 6.45) is 0.496. The van der Waals surface area contributed by atoms with E-state index in [2.05, 4.69) is 4.72 Å². The summed E-state index contributed by atoms with van der Waals surface area (Å²) in [5, 5.41) is 9.66. The molecule has 0 radical (unpaired) electrons. The van der Waals surface area contributed by atoms with E-state index in [1.807, 2.05) is 6.07 Å². The van der Waals surface area contributed by atoms with Crippen LogP contribution in [0.15, 0.2) is 35.7 Å². The second-order valence-corrected chi connectivity index (χ2v) is 5.71. The molecular weight excluding hydrogens is 282 g/mol. The molecular formula is C13H17NO5S. The Kier molecular flexibility index (Phi) is 6.37. The van der Waals surface area contributed by atoms with Gasteiger partial charge in [-0.2, -0.15) is 0 Å². The lowest BCUT2D eigenvalue weighted by molar-refractivity contribution is -0.139. The summed E-state index contributed by atoms with van der Waals surface area (Å²) >= 11 is 0. The lowest BCUT2D eigenvalue weighted by Crippen LogP contribution is -2.33. The highest BCUT2D eigenvalue weighted by Crippen LogP contribution is 2.03. The van der Waals surface area contributed by atoms with Gasteiger partial charge in [-0.05, 0) is 11.6 Å². The number of sulfonamides is 1. The number of nitrogens with one attached hydrogen (secondary N) is 1. The molecule has 0 spiro atoms. The summed E-state index contributed by atoms with van der Waals surface area (Å²) in [7, 11) is -2.29. The van der Waals surface area contributed by atoms with Gasteiger partial charge in [-0.1, -0.05) is 30.3 Å². The molecule has 1 atom stereocenters. The maximum absolute atomic E-state index is 11.7. The molecule has 2 N–H and O–H groups in total. The molecule has 7 heteroatoms. The van der Waals surface area contributed by atoms with Gasteiger partial charge in [0.05, 0.1) is 12.5 Å². The van der Waals surface area contributed by atoms with Crippen molar-refractivity contribution in [3.8, 4) is 0 Å². The zero-order valence-corrected chi connectivity index (χ0v) is 11.8. The first-order chi connectivity index (χ1) is 9.43. The van der Waals surface area contributed by atoms with Crippen LogP contribution in [-0.2, 0) is 19.6 Å². The van der Waals surface area contributed by atoms with Gasteiger partial charge in [-0.25, -0.2) is 13.1 Å². The van der Waals surface area contributed by atoms with Gasteiger partial charge in [0.15, 0.2) is 0 Å². The summed E-state index contributed by atoms with van der Waals surface area (Å²) < 4.78 is 30.6. The second-order valence-electron chi connectivity index (χ2n) is 4.06. The van der Waals surface area contributed by atoms with E-state index in [1.165, 1.54) is 13.2 Å². The molecule has 1 unspecified atom stereocenters. The van der Waals surface area contributed by atoms with Gasteiger partial charge >= 0.3 is 5.97 Å². The SMILES string of the molecule is COC(CNS(=O)(=O)/C=C/c1ccccc1)CC(=O)O. The van der Waals surface area contributed by atoms with Gasteiger partial charge in [0.25, 0.3) is 0 Å². The van der Waals surface area contributed by atoms with Gasteiger partial charge in [-0.3, -0.25) is 4.79 Å². The largest absolute Gasteiger partial charge is 0.481 e. The van der Waals surface area contributed by atoms with Crippen LogP contribution in [0.4, 0.5) is 0 Å². The zero-order chi connectivity index (χ0) is 15.0. The van der Waals surface area contributed by atoms with E-state index in [0.717, 1.165) is 11.0 Å². The fourth-order valence-electron chi connectivity index (χ4n) is 1.42. The first-order valence-electron chi connectivity index (χ1n) is 5.90. The van der Waals surface area contributed by atoms with Crippen molar-refractivity contribution in [2.75, 3.05) is 13.7 Å². The van der Waals surface area contributed by atoms with Crippen LogP contribution in [-0.4, -0.2) is 39.3 Å². The molecule has 0 saturated carbocycles. The van der Waals surface area contributed by atoms with Crippen molar-refractivity contribution < 1.29 is 23.1 Å². The topological polar surface area (TPSA) is 92.7 Å². The van der Waals surface area contributed by atoms with Crippen molar-refractivity contribution in [2.24, 2.45) is 0 Å². The van der Waals surface area contributed by atoms with Crippen LogP contribution in [0.25, 0.3) is 6.08 Å². The van der Waals surface area contributed by atoms with Gasteiger partial charge in [0.1, 0.15) is 0 Å². The number of ether oxygens (including phenoxy) is 1. The van der Waals surface area contributed by atoms with Crippen LogP contribution in [0.1, 0.15) is 12.0 Å². The molecule has 0 aliphatic rings. The Bertz CT molecular complexity index is 553. The van der Waals surface area contributed by atoms with Gasteiger partial charge < -0.3 is 9.84 Å². The summed E-state index contributed by atoms with van der Waals surface area (Å²) in [6.45, 7) is -0.0930. The second kappa shape index (κ2) is 7.78. The van der Waals surface area contributed by atoms with Gasteiger partial charge in [-0.15, -0.1) is 0 Å². The van der Waals surface area contributed by atoms with Crippen LogP contribution < -0.4 is 4.72 Å². The molecule has 0 saturated heterocycles. The lowest BCUT2D eigenvalue weighted by atomic mass is 10.2. The number of benzene rings is 1. The smallest absolute Gasteiger partial charge is 0.306 e. The number of aliphatic carboxylic acids is 1. The molecule has 6 nitrogen and oxygen atoms in total. The monoisotopic (exact) mass is 299 g/mol. The summed E-state index contributed by atoms with van der Waals surface area (Å²) in [6, 6.07) is 8.98. The Hall–Kier alpha value is -1.70. The fourth-order valence-corrected chi connectivity index (χ4v) is 2.27. The molecule has 0 aliphatic heterocycles. The molecule has 0 heterocycles. The highest BCUT2D eigenvalue weighted by molar-refractivity contribution is 7.92. The molecule has 0 amide bonds. The summed E-state index contributed by atoms with van der Waals surface area (Å²) in [5.74, 6) is -1.05. The standard InChI is InChI=1S/C13H17NO5S/c1-19-12(9-13(15)16)10-14-20(17,18)8-7-11-5-3-2-4-6-11/h2-8,12,14H,9-10H2,1H3,(H,15,16)/b8-7+. The van der Waals surface area contributed by atoms with Crippen LogP contribution in [0.5, 0.6) is 0 Å². The van der Waals surface area contributed by atoms with Crippen molar-refractivity contribution in [3.63, 3.8) is 0 Å². The average Bonchev–Trinajstić information content (AvgIpc) is 2.42. The van der Waals surface area contributed by atoms with Crippen molar-refractivity contribution in [1.82, 2.24) is 4.72 Å². The van der Waals surface area contributed by atoms with Crippen LogP contribution in [0, 0.1) is 0 Å². The molecule has 0 fully saturated rings. The molecule has 1 aromatic rings. The Morgan fingerprint density at radius 2 is 2.05 bits per heavy atom. The number of carboxylic acid groups (broad SMARTS) is 1. The van der Waals surface area contributed by atoms with Gasteiger partial charge in [0.2, 0.25) is 10.0 Å². The average molecular weight is 299 g/mol. The van der Waals surface area contributed by atoms with Crippen molar-refractivity contribution in [2.45, 2.75) is 12.5 Å². The van der Waals surface area contributed by atoms with E-state index in [9.17, 15) is 13.2 Å². The van der Waals surface area contributed by atoms with E-state index in [4.69, 9.17) is 9.84 Å². The predicted molar refractivity (Wildman–Crippen MR) is 75.4 cm³/mol. The number of carbonyl (C=O) groups is 1. The van der Waals surface area contributed by atoms with Gasteiger partial charge in [0, 0.05) is 19.1 Å². The van der Waals surface area contributed by atoms with Crippen molar-refractivity contribution in [1.29, 1.82) is 0 Å². The predicted octanol–water partition coefficient (Wildman–Crippen LogP) is 1.07. The minimum Gasteiger partial charge on any atom is -0.481 e. The Morgan fingerprint density at radius 3 is 2.60 bits per heavy atom. The van der Waals surface area contributed by atoms with Crippen LogP contribution in [0.2, 0.25) is 0 Å². The molecule has 20 heavy (non-hydrogen) atoms. The molecule has 1 rings (SSSR count). The number of hydrogen-bond acceptors (Lipinski definition) is 4. The lowest BCUT2D eigenvalue weighted by Gasteiger charge is -2.12. The number of rotatable bonds is 8. The maximum Gasteiger partial charge on any atom is 0.306 e. The fraction of sp³-hybridized carbons (Fsp3) is 0.308. The first-order valence-corrected chi connectivity index (χ1v) is 7.45. The van der Waals surface area contributed by atoms with Crippen LogP contribution >= 0.6 is 0 Å². The molecule has 0 aromatic heterocycles. The minimum atomic E-state index is -3.62. The molecule has 1 aromatic carbocycles. The minimum absolute atomic E-state index is 0.0930. The van der Waals surface area contributed by atoms with Crippen LogP contribution in [0.3, 0.4) is 0 Å². The third kappa shape index (κ3) is 6.46. The highest BCUT2D eigenvalue weighted by Gasteiger charge is 2.15.